The van der Waals surface area contributed by atoms with Crippen molar-refractivity contribution < 1.29 is 0 Å². The summed E-state index contributed by atoms with van der Waals surface area (Å²) in [6.45, 7) is 0. The van der Waals surface area contributed by atoms with E-state index in [2.05, 4.69) is 4.98 Å². The van der Waals surface area contributed by atoms with Crippen molar-refractivity contribution in [3.05, 3.63) is 89.4 Å². The Morgan fingerprint density at radius 1 is 0.480 bits per heavy atom. The Morgan fingerprint density at radius 3 is 1.16 bits per heavy atom. The van der Waals surface area contributed by atoms with E-state index in [0.717, 1.165) is 0 Å². The predicted octanol–water partition coefficient (Wildman–Crippen LogP) is 1.94. The maximum absolute atomic E-state index is 12.9. The largest absolute Gasteiger partial charge is 0.348 e. The molecule has 0 atom stereocenters. The minimum absolute atomic E-state index is 0.00607. The molecule has 0 amide bonds. The van der Waals surface area contributed by atoms with Crippen LogP contribution in [0.15, 0.2) is 67.7 Å². The number of hydrogen-bond donors (Lipinski definition) is 1. The fraction of sp³-hybridized carbons (Fsp3) is 0. The monoisotopic (exact) mass is 327 g/mol. The molecule has 0 spiro atoms. The topological polar surface area (TPSA) is 84.1 Å². The molecule has 5 aromatic rings. The second-order valence-corrected chi connectivity index (χ2v) is 6.03. The minimum atomic E-state index is -0.414. The Hall–Kier alpha value is -3.60. The molecule has 0 fully saturated rings. The van der Waals surface area contributed by atoms with Crippen LogP contribution < -0.4 is 21.7 Å². The number of nitrogens with one attached hydrogen (secondary N) is 1. The molecule has 1 heterocycles. The lowest BCUT2D eigenvalue weighted by Gasteiger charge is -1.97. The molecule has 5 rings (SSSR count). The number of aromatic amines is 1. The molecule has 0 unspecified atom stereocenters. The van der Waals surface area contributed by atoms with Crippen LogP contribution >= 0.6 is 0 Å². The molecule has 0 aliphatic heterocycles. The summed E-state index contributed by atoms with van der Waals surface area (Å²) in [6.07, 6.45) is 0. The SMILES string of the molecule is O=c1c2ccccc2c(=O)c2c1[nH]c1c(=O)c3ccccc3c(=O)c12. The van der Waals surface area contributed by atoms with Crippen LogP contribution in [-0.2, 0) is 0 Å². The summed E-state index contributed by atoms with van der Waals surface area (Å²) in [5.41, 5.74) is -1.56. The molecule has 5 heteroatoms. The summed E-state index contributed by atoms with van der Waals surface area (Å²) in [5.74, 6) is 0. The van der Waals surface area contributed by atoms with E-state index >= 15 is 0 Å². The Labute approximate surface area is 138 Å². The summed E-state index contributed by atoms with van der Waals surface area (Å²) in [6, 6.07) is 12.9. The fourth-order valence-electron chi connectivity index (χ4n) is 3.59. The fourth-order valence-corrected chi connectivity index (χ4v) is 3.59. The number of H-pyrrole nitrogens is 1. The Balaban J connectivity index is 2.26. The zero-order chi connectivity index (χ0) is 17.3. The highest BCUT2D eigenvalue weighted by atomic mass is 16.1. The van der Waals surface area contributed by atoms with E-state index in [1.54, 1.807) is 48.5 Å². The number of hydrogen-bond acceptors (Lipinski definition) is 4. The van der Waals surface area contributed by atoms with Gasteiger partial charge in [-0.25, -0.2) is 0 Å². The summed E-state index contributed by atoms with van der Waals surface area (Å²) in [7, 11) is 0. The van der Waals surface area contributed by atoms with Crippen LogP contribution in [0.2, 0.25) is 0 Å². The normalized spacial score (nSPS) is 11.8. The molecule has 25 heavy (non-hydrogen) atoms. The second kappa shape index (κ2) is 4.48. The molecule has 0 saturated heterocycles. The van der Waals surface area contributed by atoms with Crippen molar-refractivity contribution in [2.75, 3.05) is 0 Å². The molecule has 1 aromatic heterocycles. The van der Waals surface area contributed by atoms with Gasteiger partial charge in [-0.1, -0.05) is 48.5 Å². The average Bonchev–Trinajstić information content (AvgIpc) is 3.06. The van der Waals surface area contributed by atoms with Crippen LogP contribution in [0.5, 0.6) is 0 Å². The summed E-state index contributed by atoms with van der Waals surface area (Å²) >= 11 is 0. The van der Waals surface area contributed by atoms with Crippen molar-refractivity contribution in [3.63, 3.8) is 0 Å². The standard InChI is InChI=1S/C20H9NO4/c22-17-9-5-1-3-7-11(9)19(24)15-13(17)14-16(21-15)20(25)12-8-4-2-6-10(12)18(14)23/h1-8,21H. The molecule has 0 radical (unpaired) electrons. The van der Waals surface area contributed by atoms with E-state index in [4.69, 9.17) is 0 Å². The molecule has 5 nitrogen and oxygen atoms in total. The minimum Gasteiger partial charge on any atom is -0.348 e. The van der Waals surface area contributed by atoms with Crippen LogP contribution in [0.25, 0.3) is 43.4 Å². The first kappa shape index (κ1) is 13.8. The first-order chi connectivity index (χ1) is 12.1. The molecule has 118 valence electrons. The highest BCUT2D eigenvalue weighted by Crippen LogP contribution is 2.21. The van der Waals surface area contributed by atoms with E-state index in [1.807, 2.05) is 0 Å². The van der Waals surface area contributed by atoms with Gasteiger partial charge in [-0.3, -0.25) is 19.2 Å². The zero-order valence-electron chi connectivity index (χ0n) is 12.8. The van der Waals surface area contributed by atoms with Crippen molar-refractivity contribution >= 4 is 43.4 Å². The maximum Gasteiger partial charge on any atom is 0.210 e. The smallest absolute Gasteiger partial charge is 0.210 e. The van der Waals surface area contributed by atoms with Gasteiger partial charge in [-0.15, -0.1) is 0 Å². The third-order valence-corrected chi connectivity index (χ3v) is 4.74. The van der Waals surface area contributed by atoms with Gasteiger partial charge in [-0.2, -0.15) is 0 Å². The highest BCUT2D eigenvalue weighted by Gasteiger charge is 2.20. The van der Waals surface area contributed by atoms with Crippen molar-refractivity contribution in [2.45, 2.75) is 0 Å². The molecule has 0 saturated carbocycles. The average molecular weight is 327 g/mol. The van der Waals surface area contributed by atoms with Crippen molar-refractivity contribution in [3.8, 4) is 0 Å². The van der Waals surface area contributed by atoms with Crippen LogP contribution in [0, 0.1) is 0 Å². The molecule has 0 aliphatic carbocycles. The van der Waals surface area contributed by atoms with Crippen molar-refractivity contribution in [1.29, 1.82) is 0 Å². The predicted molar refractivity (Wildman–Crippen MR) is 98.3 cm³/mol. The van der Waals surface area contributed by atoms with Crippen LogP contribution in [0.4, 0.5) is 0 Å². The third-order valence-electron chi connectivity index (χ3n) is 4.74. The van der Waals surface area contributed by atoms with Gasteiger partial charge in [0, 0.05) is 21.5 Å². The Bertz CT molecular complexity index is 1450. The molecule has 4 aromatic carbocycles. The molecule has 1 N–H and O–H groups in total. The number of rotatable bonds is 0. The number of aromatic nitrogens is 1. The van der Waals surface area contributed by atoms with Crippen LogP contribution in [-0.4, -0.2) is 4.98 Å². The molecule has 0 bridgehead atoms. The number of benzene rings is 4. The molecular formula is C20H9NO4. The first-order valence-corrected chi connectivity index (χ1v) is 7.72. The zero-order valence-corrected chi connectivity index (χ0v) is 12.8. The summed E-state index contributed by atoms with van der Waals surface area (Å²) in [5, 5.41) is 1.06. The van der Waals surface area contributed by atoms with Gasteiger partial charge in [-0.05, 0) is 0 Å². The Morgan fingerprint density at radius 2 is 0.800 bits per heavy atom. The van der Waals surface area contributed by atoms with Gasteiger partial charge in [0.15, 0.2) is 10.9 Å². The lowest BCUT2D eigenvalue weighted by Crippen LogP contribution is -2.14. The van der Waals surface area contributed by atoms with E-state index < -0.39 is 10.9 Å². The summed E-state index contributed by atoms with van der Waals surface area (Å²) in [4.78, 5) is 54.1. The lowest BCUT2D eigenvalue weighted by molar-refractivity contribution is 1.50. The van der Waals surface area contributed by atoms with Crippen molar-refractivity contribution in [1.82, 2.24) is 4.98 Å². The van der Waals surface area contributed by atoms with E-state index in [1.165, 1.54) is 0 Å². The van der Waals surface area contributed by atoms with Gasteiger partial charge in [0.05, 0.1) is 21.8 Å². The lowest BCUT2D eigenvalue weighted by atomic mass is 10.0. The van der Waals surface area contributed by atoms with Crippen LogP contribution in [0.1, 0.15) is 0 Å². The van der Waals surface area contributed by atoms with Crippen LogP contribution in [0.3, 0.4) is 0 Å². The second-order valence-electron chi connectivity index (χ2n) is 6.03. The van der Waals surface area contributed by atoms with Gasteiger partial charge >= 0.3 is 0 Å². The molecular weight excluding hydrogens is 318 g/mol. The van der Waals surface area contributed by atoms with Gasteiger partial charge < -0.3 is 4.98 Å². The number of fused-ring (bicyclic) bond motifs is 5. The third kappa shape index (κ3) is 1.57. The van der Waals surface area contributed by atoms with E-state index in [0.29, 0.717) is 0 Å². The van der Waals surface area contributed by atoms with Crippen molar-refractivity contribution in [2.24, 2.45) is 0 Å². The summed E-state index contributed by atoms with van der Waals surface area (Å²) < 4.78 is 0. The van der Waals surface area contributed by atoms with E-state index in [-0.39, 0.29) is 54.2 Å². The van der Waals surface area contributed by atoms with Gasteiger partial charge in [0.2, 0.25) is 10.9 Å². The van der Waals surface area contributed by atoms with Gasteiger partial charge in [0.1, 0.15) is 0 Å². The van der Waals surface area contributed by atoms with Gasteiger partial charge in [0.25, 0.3) is 0 Å². The Kier molecular flexibility index (Phi) is 2.47. The first-order valence-electron chi connectivity index (χ1n) is 7.72. The molecule has 0 aliphatic rings. The maximum atomic E-state index is 12.9. The van der Waals surface area contributed by atoms with E-state index in [9.17, 15) is 19.2 Å². The quantitative estimate of drug-likeness (QED) is 0.471. The highest BCUT2D eigenvalue weighted by molar-refractivity contribution is 6.14.